The van der Waals surface area contributed by atoms with Gasteiger partial charge in [-0.25, -0.2) is 9.97 Å². The Morgan fingerprint density at radius 1 is 1.11 bits per heavy atom. The average Bonchev–Trinajstić information content (AvgIpc) is 3.19. The third-order valence-electron chi connectivity index (χ3n) is 8.32. The predicted molar refractivity (Wildman–Crippen MR) is 143 cm³/mol. The maximum atomic E-state index is 13.3. The van der Waals surface area contributed by atoms with Crippen LogP contribution < -0.4 is 5.32 Å². The van der Waals surface area contributed by atoms with Crippen molar-refractivity contribution in [3.05, 3.63) is 75.9 Å². The van der Waals surface area contributed by atoms with Crippen LogP contribution in [0.25, 0.3) is 11.3 Å². The number of nitrogens with one attached hydrogen (secondary N) is 1. The number of carbonyl (C=O) groups is 2. The highest BCUT2D eigenvalue weighted by Crippen LogP contribution is 2.47. The van der Waals surface area contributed by atoms with E-state index < -0.39 is 0 Å². The standard InChI is InChI=1S/C29H28ClN5O3/c30-24-12-31-28(32-22-10-29(11-22)16-38-17-29)33-26(24)19-5-6-21-14-35(27(37)23(21)9-19)15-25(36)34-8-7-18-3-1-2-4-20(18)13-34/h1-6,9,12,22H,7-8,10-11,13-17H2,(H,31,32,33). The lowest BCUT2D eigenvalue weighted by molar-refractivity contribution is -0.160. The maximum Gasteiger partial charge on any atom is 0.254 e. The van der Waals surface area contributed by atoms with E-state index in [0.717, 1.165) is 43.6 Å². The largest absolute Gasteiger partial charge is 0.380 e. The van der Waals surface area contributed by atoms with Crippen LogP contribution in [0.1, 0.15) is 39.9 Å². The molecule has 1 aliphatic carbocycles. The molecule has 3 aliphatic heterocycles. The molecule has 0 bridgehead atoms. The summed E-state index contributed by atoms with van der Waals surface area (Å²) in [7, 11) is 0. The number of rotatable bonds is 5. The highest BCUT2D eigenvalue weighted by Gasteiger charge is 2.50. The second-order valence-electron chi connectivity index (χ2n) is 11.0. The first-order valence-electron chi connectivity index (χ1n) is 13.1. The number of hydrogen-bond donors (Lipinski definition) is 1. The molecule has 0 atom stereocenters. The number of fused-ring (bicyclic) bond motifs is 2. The van der Waals surface area contributed by atoms with Gasteiger partial charge in [0.1, 0.15) is 6.54 Å². The summed E-state index contributed by atoms with van der Waals surface area (Å²) < 4.78 is 5.36. The van der Waals surface area contributed by atoms with Gasteiger partial charge in [-0.3, -0.25) is 9.59 Å². The Balaban J connectivity index is 1.04. The number of aromatic nitrogens is 2. The van der Waals surface area contributed by atoms with Gasteiger partial charge in [0.25, 0.3) is 5.91 Å². The Hall–Kier alpha value is -3.49. The number of benzene rings is 2. The summed E-state index contributed by atoms with van der Waals surface area (Å²) in [5, 5.41) is 3.84. The van der Waals surface area contributed by atoms with Gasteiger partial charge < -0.3 is 19.9 Å². The number of ether oxygens (including phenoxy) is 1. The fourth-order valence-corrected chi connectivity index (χ4v) is 6.34. The first-order chi connectivity index (χ1) is 18.5. The molecule has 1 saturated carbocycles. The highest BCUT2D eigenvalue weighted by molar-refractivity contribution is 6.33. The van der Waals surface area contributed by atoms with Crippen LogP contribution in [0.3, 0.4) is 0 Å². The molecule has 4 heterocycles. The number of halogens is 1. The van der Waals surface area contributed by atoms with E-state index >= 15 is 0 Å². The quantitative estimate of drug-likeness (QED) is 0.539. The third kappa shape index (κ3) is 4.12. The van der Waals surface area contributed by atoms with E-state index in [4.69, 9.17) is 16.3 Å². The summed E-state index contributed by atoms with van der Waals surface area (Å²) in [5.41, 5.74) is 5.65. The van der Waals surface area contributed by atoms with Crippen LogP contribution in [0.2, 0.25) is 5.02 Å². The molecule has 8 nitrogen and oxygen atoms in total. The molecular weight excluding hydrogens is 502 g/mol. The zero-order valence-electron chi connectivity index (χ0n) is 21.0. The van der Waals surface area contributed by atoms with Gasteiger partial charge in [0.2, 0.25) is 11.9 Å². The second kappa shape index (κ2) is 9.06. The zero-order chi connectivity index (χ0) is 25.9. The van der Waals surface area contributed by atoms with E-state index in [0.29, 0.717) is 53.3 Å². The van der Waals surface area contributed by atoms with E-state index in [1.54, 1.807) is 11.1 Å². The van der Waals surface area contributed by atoms with E-state index in [2.05, 4.69) is 27.4 Å². The van der Waals surface area contributed by atoms with Gasteiger partial charge in [-0.1, -0.05) is 48.0 Å². The topological polar surface area (TPSA) is 87.7 Å². The van der Waals surface area contributed by atoms with Crippen molar-refractivity contribution in [2.24, 2.45) is 5.41 Å². The fraction of sp³-hybridized carbons (Fsp3) is 0.379. The van der Waals surface area contributed by atoms with Crippen molar-refractivity contribution in [3.8, 4) is 11.3 Å². The van der Waals surface area contributed by atoms with Crippen molar-refractivity contribution < 1.29 is 14.3 Å². The monoisotopic (exact) mass is 529 g/mol. The minimum absolute atomic E-state index is 0.0262. The number of hydrogen-bond acceptors (Lipinski definition) is 6. The molecule has 2 aromatic carbocycles. The zero-order valence-corrected chi connectivity index (χ0v) is 21.7. The van der Waals surface area contributed by atoms with E-state index in [-0.39, 0.29) is 18.4 Å². The van der Waals surface area contributed by atoms with Gasteiger partial charge >= 0.3 is 0 Å². The van der Waals surface area contributed by atoms with E-state index in [1.165, 1.54) is 11.1 Å². The van der Waals surface area contributed by atoms with Gasteiger partial charge in [0, 0.05) is 42.2 Å². The fourth-order valence-electron chi connectivity index (χ4n) is 6.14. The number of anilines is 1. The number of carbonyl (C=O) groups excluding carboxylic acids is 2. The van der Waals surface area contributed by atoms with Crippen LogP contribution in [0.15, 0.2) is 48.7 Å². The van der Waals surface area contributed by atoms with Gasteiger partial charge in [-0.05, 0) is 42.0 Å². The molecular formula is C29H28ClN5O3. The van der Waals surface area contributed by atoms with Crippen LogP contribution >= 0.6 is 11.6 Å². The van der Waals surface area contributed by atoms with Crippen molar-refractivity contribution in [1.29, 1.82) is 0 Å². The Bertz CT molecular complexity index is 1450. The van der Waals surface area contributed by atoms with Gasteiger partial charge in [-0.2, -0.15) is 0 Å². The van der Waals surface area contributed by atoms with E-state index in [9.17, 15) is 9.59 Å². The summed E-state index contributed by atoms with van der Waals surface area (Å²) in [6.45, 7) is 3.44. The number of amides is 2. The van der Waals surface area contributed by atoms with Crippen molar-refractivity contribution >= 4 is 29.4 Å². The lowest BCUT2D eigenvalue weighted by Crippen LogP contribution is -2.56. The normalized spacial score (nSPS) is 19.6. The molecule has 2 fully saturated rings. The SMILES string of the molecule is O=C(CN1Cc2ccc(-c3nc(NC4CC5(COC5)C4)ncc3Cl)cc2C1=O)N1CCc2ccccc2C1. The molecule has 4 aliphatic rings. The highest BCUT2D eigenvalue weighted by atomic mass is 35.5. The second-order valence-corrected chi connectivity index (χ2v) is 11.4. The summed E-state index contributed by atoms with van der Waals surface area (Å²) in [6.07, 6.45) is 4.55. The van der Waals surface area contributed by atoms with Crippen molar-refractivity contribution in [1.82, 2.24) is 19.8 Å². The Morgan fingerprint density at radius 2 is 1.92 bits per heavy atom. The predicted octanol–water partition coefficient (Wildman–Crippen LogP) is 3.93. The molecule has 2 amide bonds. The van der Waals surface area contributed by atoms with Crippen molar-refractivity contribution in [3.63, 3.8) is 0 Å². The molecule has 9 heteroatoms. The molecule has 7 rings (SSSR count). The van der Waals surface area contributed by atoms with Crippen molar-refractivity contribution in [2.45, 2.75) is 38.4 Å². The lowest BCUT2D eigenvalue weighted by atomic mass is 9.64. The third-order valence-corrected chi connectivity index (χ3v) is 8.60. The van der Waals surface area contributed by atoms with Crippen LogP contribution in [-0.2, 0) is 29.0 Å². The average molecular weight is 530 g/mol. The minimum Gasteiger partial charge on any atom is -0.380 e. The van der Waals surface area contributed by atoms with Gasteiger partial charge in [-0.15, -0.1) is 0 Å². The van der Waals surface area contributed by atoms with Crippen LogP contribution in [-0.4, -0.2) is 63.9 Å². The van der Waals surface area contributed by atoms with Gasteiger partial charge in [0.05, 0.1) is 30.1 Å². The first-order valence-corrected chi connectivity index (χ1v) is 13.5. The Morgan fingerprint density at radius 3 is 2.71 bits per heavy atom. The smallest absolute Gasteiger partial charge is 0.254 e. The van der Waals surface area contributed by atoms with Gasteiger partial charge in [0.15, 0.2) is 0 Å². The first kappa shape index (κ1) is 23.6. The molecule has 1 N–H and O–H groups in total. The summed E-state index contributed by atoms with van der Waals surface area (Å²) in [4.78, 5) is 38.9. The lowest BCUT2D eigenvalue weighted by Gasteiger charge is -2.53. The van der Waals surface area contributed by atoms with Crippen molar-refractivity contribution in [2.75, 3.05) is 31.6 Å². The van der Waals surface area contributed by atoms with Crippen LogP contribution in [0.5, 0.6) is 0 Å². The summed E-state index contributed by atoms with van der Waals surface area (Å²) >= 11 is 6.48. The molecule has 0 unspecified atom stereocenters. The Labute approximate surface area is 226 Å². The van der Waals surface area contributed by atoms with Crippen LogP contribution in [0.4, 0.5) is 5.95 Å². The minimum atomic E-state index is -0.140. The molecule has 1 aromatic heterocycles. The molecule has 38 heavy (non-hydrogen) atoms. The molecule has 1 spiro atoms. The maximum absolute atomic E-state index is 13.3. The molecule has 0 radical (unpaired) electrons. The van der Waals surface area contributed by atoms with Crippen LogP contribution in [0, 0.1) is 5.41 Å². The Kier molecular flexibility index (Phi) is 5.63. The summed E-state index contributed by atoms with van der Waals surface area (Å²) in [5.74, 6) is 0.368. The molecule has 1 saturated heterocycles. The summed E-state index contributed by atoms with van der Waals surface area (Å²) in [6, 6.07) is 14.2. The molecule has 194 valence electrons. The van der Waals surface area contributed by atoms with E-state index in [1.807, 2.05) is 35.2 Å². The molecule has 3 aromatic rings. The number of nitrogens with zero attached hydrogens (tertiary/aromatic N) is 4.